The molecule has 8 heteroatoms. The fraction of sp³-hybridized carbons (Fsp3) is 0.263. The first kappa shape index (κ1) is 18.4. The number of benzene rings is 2. The SMILES string of the molecule is O=C(NCc1cc([N+](=O)[O-])ccc1O)c1ccc(CN2CCCC2=O)cc1. The van der Waals surface area contributed by atoms with E-state index in [0.717, 1.165) is 18.5 Å². The van der Waals surface area contributed by atoms with Gasteiger partial charge in [-0.15, -0.1) is 0 Å². The Balaban J connectivity index is 1.60. The zero-order chi connectivity index (χ0) is 19.4. The summed E-state index contributed by atoms with van der Waals surface area (Å²) in [6, 6.07) is 10.6. The van der Waals surface area contributed by atoms with Crippen LogP contribution in [0.15, 0.2) is 42.5 Å². The summed E-state index contributed by atoms with van der Waals surface area (Å²) < 4.78 is 0. The molecule has 1 aliphatic rings. The number of hydrogen-bond acceptors (Lipinski definition) is 5. The lowest BCUT2D eigenvalue weighted by atomic mass is 10.1. The topological polar surface area (TPSA) is 113 Å². The van der Waals surface area contributed by atoms with E-state index in [9.17, 15) is 24.8 Å². The third-order valence-electron chi connectivity index (χ3n) is 4.47. The quantitative estimate of drug-likeness (QED) is 0.599. The van der Waals surface area contributed by atoms with Crippen LogP contribution in [0.2, 0.25) is 0 Å². The Morgan fingerprint density at radius 2 is 1.96 bits per heavy atom. The highest BCUT2D eigenvalue weighted by atomic mass is 16.6. The van der Waals surface area contributed by atoms with E-state index in [1.165, 1.54) is 18.2 Å². The van der Waals surface area contributed by atoms with Crippen LogP contribution in [-0.2, 0) is 17.9 Å². The first-order chi connectivity index (χ1) is 12.9. The van der Waals surface area contributed by atoms with E-state index >= 15 is 0 Å². The van der Waals surface area contributed by atoms with Gasteiger partial charge in [-0.05, 0) is 30.2 Å². The molecule has 0 radical (unpaired) electrons. The minimum Gasteiger partial charge on any atom is -0.508 e. The lowest BCUT2D eigenvalue weighted by molar-refractivity contribution is -0.384. The largest absolute Gasteiger partial charge is 0.508 e. The molecule has 2 N–H and O–H groups in total. The Labute approximate surface area is 155 Å². The number of phenols is 1. The highest BCUT2D eigenvalue weighted by Crippen LogP contribution is 2.23. The van der Waals surface area contributed by atoms with Crippen LogP contribution in [0, 0.1) is 10.1 Å². The number of hydrogen-bond donors (Lipinski definition) is 2. The standard InChI is InChI=1S/C19H19N3O5/c23-17-8-7-16(22(26)27)10-15(17)11-20-19(25)14-5-3-13(4-6-14)12-21-9-1-2-18(21)24/h3-8,10,23H,1-2,9,11-12H2,(H,20,25). The molecule has 1 saturated heterocycles. The van der Waals surface area contributed by atoms with Crippen molar-refractivity contribution in [3.05, 3.63) is 69.3 Å². The maximum atomic E-state index is 12.3. The average molecular weight is 369 g/mol. The number of amides is 2. The molecule has 1 aliphatic heterocycles. The second-order valence-electron chi connectivity index (χ2n) is 6.37. The number of nitro groups is 1. The smallest absolute Gasteiger partial charge is 0.270 e. The third-order valence-corrected chi connectivity index (χ3v) is 4.47. The van der Waals surface area contributed by atoms with Gasteiger partial charge in [0, 0.05) is 49.3 Å². The molecule has 2 aromatic rings. The van der Waals surface area contributed by atoms with Gasteiger partial charge in [0.1, 0.15) is 5.75 Å². The summed E-state index contributed by atoms with van der Waals surface area (Å²) in [6.07, 6.45) is 1.47. The Hall–Kier alpha value is -3.42. The zero-order valence-corrected chi connectivity index (χ0v) is 14.6. The van der Waals surface area contributed by atoms with Gasteiger partial charge < -0.3 is 15.3 Å². The van der Waals surface area contributed by atoms with Crippen molar-refractivity contribution in [1.82, 2.24) is 10.2 Å². The number of likely N-dealkylation sites (tertiary alicyclic amines) is 1. The van der Waals surface area contributed by atoms with Gasteiger partial charge in [0.2, 0.25) is 5.91 Å². The number of nitro benzene ring substituents is 1. The molecule has 0 unspecified atom stereocenters. The highest BCUT2D eigenvalue weighted by molar-refractivity contribution is 5.94. The van der Waals surface area contributed by atoms with Gasteiger partial charge in [-0.2, -0.15) is 0 Å². The molecule has 0 aromatic heterocycles. The van der Waals surface area contributed by atoms with Crippen molar-refractivity contribution in [2.24, 2.45) is 0 Å². The van der Waals surface area contributed by atoms with Crippen molar-refractivity contribution in [2.45, 2.75) is 25.9 Å². The molecule has 2 aromatic carbocycles. The molecule has 1 fully saturated rings. The lowest BCUT2D eigenvalue weighted by Gasteiger charge is -2.15. The van der Waals surface area contributed by atoms with Crippen LogP contribution in [0.4, 0.5) is 5.69 Å². The first-order valence-electron chi connectivity index (χ1n) is 8.55. The number of nitrogens with one attached hydrogen (secondary N) is 1. The third kappa shape index (κ3) is 4.41. The predicted octanol–water partition coefficient (Wildman–Crippen LogP) is 2.35. The Morgan fingerprint density at radius 3 is 2.59 bits per heavy atom. The van der Waals surface area contributed by atoms with Gasteiger partial charge in [-0.25, -0.2) is 0 Å². The van der Waals surface area contributed by atoms with E-state index < -0.39 is 4.92 Å². The van der Waals surface area contributed by atoms with Crippen molar-refractivity contribution in [2.75, 3.05) is 6.54 Å². The van der Waals surface area contributed by atoms with Crippen molar-refractivity contribution in [3.8, 4) is 5.75 Å². The van der Waals surface area contributed by atoms with E-state index in [2.05, 4.69) is 5.32 Å². The summed E-state index contributed by atoms with van der Waals surface area (Å²) in [4.78, 5) is 36.0. The number of aromatic hydroxyl groups is 1. The summed E-state index contributed by atoms with van der Waals surface area (Å²) in [6.45, 7) is 1.26. The first-order valence-corrected chi connectivity index (χ1v) is 8.55. The van der Waals surface area contributed by atoms with Gasteiger partial charge in [-0.1, -0.05) is 12.1 Å². The van der Waals surface area contributed by atoms with E-state index in [4.69, 9.17) is 0 Å². The van der Waals surface area contributed by atoms with Gasteiger partial charge in [-0.3, -0.25) is 19.7 Å². The maximum absolute atomic E-state index is 12.3. The van der Waals surface area contributed by atoms with E-state index in [1.807, 2.05) is 0 Å². The van der Waals surface area contributed by atoms with Crippen LogP contribution in [0.1, 0.15) is 34.3 Å². The van der Waals surface area contributed by atoms with Crippen LogP contribution in [0.3, 0.4) is 0 Å². The molecule has 140 valence electrons. The molecule has 2 amide bonds. The van der Waals surface area contributed by atoms with Crippen molar-refractivity contribution in [3.63, 3.8) is 0 Å². The summed E-state index contributed by atoms with van der Waals surface area (Å²) >= 11 is 0. The lowest BCUT2D eigenvalue weighted by Crippen LogP contribution is -2.24. The summed E-state index contributed by atoms with van der Waals surface area (Å²) in [5, 5.41) is 23.2. The fourth-order valence-electron chi connectivity index (χ4n) is 2.96. The molecule has 0 saturated carbocycles. The number of carbonyl (C=O) groups excluding carboxylic acids is 2. The van der Waals surface area contributed by atoms with E-state index in [1.54, 1.807) is 29.2 Å². The molecule has 0 spiro atoms. The van der Waals surface area contributed by atoms with Crippen LogP contribution in [0.25, 0.3) is 0 Å². The Kier molecular flexibility index (Phi) is 5.35. The van der Waals surface area contributed by atoms with Gasteiger partial charge in [0.05, 0.1) is 4.92 Å². The van der Waals surface area contributed by atoms with Crippen molar-refractivity contribution >= 4 is 17.5 Å². The van der Waals surface area contributed by atoms with Crippen LogP contribution in [0.5, 0.6) is 5.75 Å². The number of non-ortho nitro benzene ring substituents is 1. The molecular weight excluding hydrogens is 350 g/mol. The molecular formula is C19H19N3O5. The molecule has 0 aliphatic carbocycles. The van der Waals surface area contributed by atoms with E-state index in [-0.39, 0.29) is 35.4 Å². The Bertz CT molecular complexity index is 879. The maximum Gasteiger partial charge on any atom is 0.270 e. The normalized spacial score (nSPS) is 13.6. The summed E-state index contributed by atoms with van der Waals surface area (Å²) in [5.74, 6) is -0.329. The van der Waals surface area contributed by atoms with Crippen molar-refractivity contribution < 1.29 is 19.6 Å². The minimum atomic E-state index is -0.561. The number of carbonyl (C=O) groups is 2. The van der Waals surface area contributed by atoms with Crippen molar-refractivity contribution in [1.29, 1.82) is 0 Å². The number of rotatable bonds is 6. The summed E-state index contributed by atoms with van der Waals surface area (Å²) in [5.41, 5.74) is 1.48. The van der Waals surface area contributed by atoms with E-state index in [0.29, 0.717) is 18.5 Å². The van der Waals surface area contributed by atoms with Crippen LogP contribution in [-0.4, -0.2) is 33.3 Å². The molecule has 1 heterocycles. The molecule has 0 bridgehead atoms. The highest BCUT2D eigenvalue weighted by Gasteiger charge is 2.20. The monoisotopic (exact) mass is 369 g/mol. The van der Waals surface area contributed by atoms with Gasteiger partial charge >= 0.3 is 0 Å². The molecule has 27 heavy (non-hydrogen) atoms. The second kappa shape index (κ2) is 7.86. The van der Waals surface area contributed by atoms with Gasteiger partial charge in [0.25, 0.3) is 11.6 Å². The fourth-order valence-corrected chi connectivity index (χ4v) is 2.96. The number of phenolic OH excluding ortho intramolecular Hbond substituents is 1. The predicted molar refractivity (Wildman–Crippen MR) is 97.0 cm³/mol. The molecule has 3 rings (SSSR count). The Morgan fingerprint density at radius 1 is 1.22 bits per heavy atom. The van der Waals surface area contributed by atoms with Crippen LogP contribution < -0.4 is 5.32 Å². The second-order valence-corrected chi connectivity index (χ2v) is 6.37. The average Bonchev–Trinajstić information content (AvgIpc) is 3.06. The zero-order valence-electron chi connectivity index (χ0n) is 14.6. The molecule has 8 nitrogen and oxygen atoms in total. The number of nitrogens with zero attached hydrogens (tertiary/aromatic N) is 2. The summed E-state index contributed by atoms with van der Waals surface area (Å²) in [7, 11) is 0. The van der Waals surface area contributed by atoms with Crippen LogP contribution >= 0.6 is 0 Å². The minimum absolute atomic E-state index is 0.0314. The molecule has 0 atom stereocenters. The van der Waals surface area contributed by atoms with Gasteiger partial charge in [0.15, 0.2) is 0 Å².